The average Bonchev–Trinajstić information content (AvgIpc) is 2.02. The number of rotatable bonds is 7. The van der Waals surface area contributed by atoms with Crippen molar-refractivity contribution >= 4 is 15.9 Å². The van der Waals surface area contributed by atoms with Crippen molar-refractivity contribution in [2.45, 2.75) is 6.10 Å². The topological polar surface area (TPSA) is 30.5 Å². The third kappa shape index (κ3) is 6.79. The first-order valence-corrected chi connectivity index (χ1v) is 4.55. The Labute approximate surface area is 82.2 Å². The summed E-state index contributed by atoms with van der Waals surface area (Å²) in [5.74, 6) is 0. The summed E-state index contributed by atoms with van der Waals surface area (Å²) in [5.41, 5.74) is 0. The number of methoxy groups -OCH3 is 2. The largest absolute Gasteiger partial charge is 0.382 e. The van der Waals surface area contributed by atoms with Gasteiger partial charge in [0.1, 0.15) is 0 Å². The SMILES string of the molecule is C=C(Br)CNCC(COC)OC. The zero-order chi connectivity index (χ0) is 9.40. The maximum atomic E-state index is 5.14. The van der Waals surface area contributed by atoms with Crippen molar-refractivity contribution in [1.82, 2.24) is 5.32 Å². The second kappa shape index (κ2) is 7.73. The Hall–Kier alpha value is 0.1000. The van der Waals surface area contributed by atoms with E-state index in [0.29, 0.717) is 6.61 Å². The molecule has 0 rings (SSSR count). The highest BCUT2D eigenvalue weighted by Gasteiger charge is 2.04. The van der Waals surface area contributed by atoms with Gasteiger partial charge in [0.15, 0.2) is 0 Å². The summed E-state index contributed by atoms with van der Waals surface area (Å²) >= 11 is 3.26. The number of halogens is 1. The normalized spacial score (nSPS) is 12.9. The van der Waals surface area contributed by atoms with E-state index in [9.17, 15) is 0 Å². The van der Waals surface area contributed by atoms with Crippen LogP contribution in [-0.2, 0) is 9.47 Å². The number of hydrogen-bond acceptors (Lipinski definition) is 3. The van der Waals surface area contributed by atoms with Crippen LogP contribution in [0.1, 0.15) is 0 Å². The van der Waals surface area contributed by atoms with Gasteiger partial charge >= 0.3 is 0 Å². The predicted octanol–water partition coefficient (Wildman–Crippen LogP) is 1.15. The van der Waals surface area contributed by atoms with Gasteiger partial charge in [-0.25, -0.2) is 0 Å². The average molecular weight is 238 g/mol. The molecule has 0 aromatic carbocycles. The lowest BCUT2D eigenvalue weighted by molar-refractivity contribution is 0.0295. The van der Waals surface area contributed by atoms with E-state index in [1.54, 1.807) is 14.2 Å². The molecule has 4 heteroatoms. The van der Waals surface area contributed by atoms with Crippen LogP contribution in [0.5, 0.6) is 0 Å². The molecule has 3 nitrogen and oxygen atoms in total. The van der Waals surface area contributed by atoms with Crippen molar-refractivity contribution in [3.05, 3.63) is 11.1 Å². The van der Waals surface area contributed by atoms with E-state index in [4.69, 9.17) is 9.47 Å². The predicted molar refractivity (Wildman–Crippen MR) is 53.6 cm³/mol. The molecule has 0 aliphatic heterocycles. The van der Waals surface area contributed by atoms with Gasteiger partial charge in [-0.1, -0.05) is 22.5 Å². The van der Waals surface area contributed by atoms with Gasteiger partial charge in [-0.15, -0.1) is 0 Å². The summed E-state index contributed by atoms with van der Waals surface area (Å²) in [5, 5.41) is 3.17. The van der Waals surface area contributed by atoms with Crippen molar-refractivity contribution in [1.29, 1.82) is 0 Å². The first-order valence-electron chi connectivity index (χ1n) is 3.76. The summed E-state index contributed by atoms with van der Waals surface area (Å²) in [6.07, 6.45) is 0.113. The molecule has 0 aromatic heterocycles. The molecule has 1 unspecified atom stereocenters. The molecule has 0 radical (unpaired) electrons. The molecule has 0 aliphatic rings. The van der Waals surface area contributed by atoms with Gasteiger partial charge in [-0.05, 0) is 0 Å². The lowest BCUT2D eigenvalue weighted by Gasteiger charge is -2.14. The fourth-order valence-electron chi connectivity index (χ4n) is 0.765. The highest BCUT2D eigenvalue weighted by molar-refractivity contribution is 9.11. The maximum absolute atomic E-state index is 5.14. The van der Waals surface area contributed by atoms with Crippen LogP contribution >= 0.6 is 15.9 Å². The van der Waals surface area contributed by atoms with Crippen LogP contribution in [0.2, 0.25) is 0 Å². The molecule has 0 aromatic rings. The fraction of sp³-hybridized carbons (Fsp3) is 0.750. The number of hydrogen-bond donors (Lipinski definition) is 1. The minimum atomic E-state index is 0.113. The Kier molecular flexibility index (Phi) is 7.80. The third-order valence-corrected chi connectivity index (χ3v) is 1.66. The molecule has 0 heterocycles. The van der Waals surface area contributed by atoms with Crippen molar-refractivity contribution in [3.63, 3.8) is 0 Å². The Bertz CT molecular complexity index is 130. The summed E-state index contributed by atoms with van der Waals surface area (Å²) in [7, 11) is 3.34. The van der Waals surface area contributed by atoms with Crippen LogP contribution in [0.4, 0.5) is 0 Å². The van der Waals surface area contributed by atoms with Crippen LogP contribution in [0, 0.1) is 0 Å². The van der Waals surface area contributed by atoms with Crippen molar-refractivity contribution < 1.29 is 9.47 Å². The van der Waals surface area contributed by atoms with Crippen LogP contribution < -0.4 is 5.32 Å². The summed E-state index contributed by atoms with van der Waals surface area (Å²) in [6, 6.07) is 0. The molecular weight excluding hydrogens is 222 g/mol. The van der Waals surface area contributed by atoms with Gasteiger partial charge in [0.05, 0.1) is 12.7 Å². The molecule has 0 aliphatic carbocycles. The van der Waals surface area contributed by atoms with Gasteiger partial charge in [0.25, 0.3) is 0 Å². The second-order valence-electron chi connectivity index (χ2n) is 2.46. The van der Waals surface area contributed by atoms with E-state index in [2.05, 4.69) is 27.8 Å². The van der Waals surface area contributed by atoms with Crippen LogP contribution in [-0.4, -0.2) is 40.0 Å². The summed E-state index contributed by atoms with van der Waals surface area (Å²) in [4.78, 5) is 0. The van der Waals surface area contributed by atoms with Crippen molar-refractivity contribution in [2.24, 2.45) is 0 Å². The lowest BCUT2D eigenvalue weighted by Crippen LogP contribution is -2.32. The summed E-state index contributed by atoms with van der Waals surface area (Å²) in [6.45, 7) is 5.84. The zero-order valence-corrected chi connectivity index (χ0v) is 9.19. The maximum Gasteiger partial charge on any atom is 0.0928 e. The van der Waals surface area contributed by atoms with Crippen LogP contribution in [0.25, 0.3) is 0 Å². The Balaban J connectivity index is 3.37. The zero-order valence-electron chi connectivity index (χ0n) is 7.60. The monoisotopic (exact) mass is 237 g/mol. The van der Waals surface area contributed by atoms with Crippen LogP contribution in [0.15, 0.2) is 11.1 Å². The number of ether oxygens (including phenoxy) is 2. The van der Waals surface area contributed by atoms with E-state index < -0.39 is 0 Å². The van der Waals surface area contributed by atoms with Gasteiger partial charge in [0.2, 0.25) is 0 Å². The van der Waals surface area contributed by atoms with Crippen molar-refractivity contribution in [2.75, 3.05) is 33.9 Å². The second-order valence-corrected chi connectivity index (χ2v) is 3.58. The van der Waals surface area contributed by atoms with E-state index >= 15 is 0 Å². The van der Waals surface area contributed by atoms with Gasteiger partial charge < -0.3 is 14.8 Å². The van der Waals surface area contributed by atoms with E-state index in [-0.39, 0.29) is 6.10 Å². The Morgan fingerprint density at radius 3 is 2.67 bits per heavy atom. The smallest absolute Gasteiger partial charge is 0.0928 e. The molecular formula is C8H16BrNO2. The lowest BCUT2D eigenvalue weighted by atomic mass is 10.3. The minimum absolute atomic E-state index is 0.113. The van der Waals surface area contributed by atoms with E-state index in [1.807, 2.05) is 0 Å². The van der Waals surface area contributed by atoms with Gasteiger partial charge in [-0.3, -0.25) is 0 Å². The van der Waals surface area contributed by atoms with Crippen LogP contribution in [0.3, 0.4) is 0 Å². The van der Waals surface area contributed by atoms with E-state index in [1.165, 1.54) is 0 Å². The molecule has 0 saturated heterocycles. The standard InChI is InChI=1S/C8H16BrNO2/c1-7(9)4-10-5-8(12-3)6-11-2/h8,10H,1,4-6H2,2-3H3. The molecule has 1 atom stereocenters. The first-order chi connectivity index (χ1) is 5.70. The molecule has 0 fully saturated rings. The van der Waals surface area contributed by atoms with Gasteiger partial charge in [-0.2, -0.15) is 0 Å². The third-order valence-electron chi connectivity index (χ3n) is 1.37. The van der Waals surface area contributed by atoms with Gasteiger partial charge in [0, 0.05) is 31.8 Å². The molecule has 12 heavy (non-hydrogen) atoms. The quantitative estimate of drug-likeness (QED) is 0.721. The van der Waals surface area contributed by atoms with E-state index in [0.717, 1.165) is 17.6 Å². The Morgan fingerprint density at radius 2 is 2.25 bits per heavy atom. The summed E-state index contributed by atoms with van der Waals surface area (Å²) < 4.78 is 11.0. The molecule has 0 amide bonds. The number of nitrogens with one attached hydrogen (secondary N) is 1. The molecule has 0 spiro atoms. The minimum Gasteiger partial charge on any atom is -0.382 e. The first kappa shape index (κ1) is 12.1. The highest BCUT2D eigenvalue weighted by Crippen LogP contribution is 1.97. The highest BCUT2D eigenvalue weighted by atomic mass is 79.9. The fourth-order valence-corrected chi connectivity index (χ4v) is 0.963. The molecule has 0 bridgehead atoms. The molecule has 0 saturated carbocycles. The molecule has 72 valence electrons. The molecule has 1 N–H and O–H groups in total. The van der Waals surface area contributed by atoms with Crippen molar-refractivity contribution in [3.8, 4) is 0 Å². The Morgan fingerprint density at radius 1 is 1.58 bits per heavy atom.